The lowest BCUT2D eigenvalue weighted by Crippen LogP contribution is -2.04. The maximum absolute atomic E-state index is 13.7. The van der Waals surface area contributed by atoms with Crippen molar-refractivity contribution in [3.63, 3.8) is 0 Å². The van der Waals surface area contributed by atoms with E-state index in [9.17, 15) is 9.50 Å². The fourth-order valence-electron chi connectivity index (χ4n) is 2.38. The van der Waals surface area contributed by atoms with Crippen molar-refractivity contribution < 1.29 is 9.50 Å². The molecule has 0 bridgehead atoms. The molecule has 1 atom stereocenters. The van der Waals surface area contributed by atoms with Crippen LogP contribution < -0.4 is 0 Å². The third-order valence-corrected chi connectivity index (χ3v) is 3.47. The van der Waals surface area contributed by atoms with Gasteiger partial charge in [-0.25, -0.2) is 9.37 Å². The minimum atomic E-state index is -0.749. The van der Waals surface area contributed by atoms with Gasteiger partial charge < -0.3 is 5.11 Å². The lowest BCUT2D eigenvalue weighted by atomic mass is 10.0. The highest BCUT2D eigenvalue weighted by Gasteiger charge is 2.15. The molecule has 0 aliphatic rings. The van der Waals surface area contributed by atoms with E-state index in [4.69, 9.17) is 0 Å². The molecule has 3 aromatic rings. The average Bonchev–Trinajstić information content (AvgIpc) is 2.85. The molecule has 0 amide bonds. The van der Waals surface area contributed by atoms with E-state index < -0.39 is 6.10 Å². The van der Waals surface area contributed by atoms with Gasteiger partial charge in [-0.3, -0.25) is 4.57 Å². The minimum absolute atomic E-state index is 0.311. The molecule has 1 aromatic heterocycles. The van der Waals surface area contributed by atoms with Crippen LogP contribution >= 0.6 is 0 Å². The average molecular weight is 270 g/mol. The van der Waals surface area contributed by atoms with Gasteiger partial charge in [0.2, 0.25) is 0 Å². The van der Waals surface area contributed by atoms with Gasteiger partial charge in [-0.2, -0.15) is 0 Å². The quantitative estimate of drug-likeness (QED) is 0.773. The van der Waals surface area contributed by atoms with Gasteiger partial charge in [-0.05, 0) is 43.7 Å². The Hall–Kier alpha value is -2.20. The van der Waals surface area contributed by atoms with Crippen LogP contribution in [0.2, 0.25) is 0 Å². The molecule has 20 heavy (non-hydrogen) atoms. The van der Waals surface area contributed by atoms with Crippen molar-refractivity contribution in [3.05, 3.63) is 59.7 Å². The number of rotatable bonds is 2. The fraction of sp³-hybridized carbons (Fsp3) is 0.188. The second-order valence-electron chi connectivity index (χ2n) is 4.94. The Bertz CT molecular complexity index is 777. The summed E-state index contributed by atoms with van der Waals surface area (Å²) in [4.78, 5) is 4.34. The van der Waals surface area contributed by atoms with Crippen molar-refractivity contribution in [2.24, 2.45) is 0 Å². The molecule has 0 fully saturated rings. The van der Waals surface area contributed by atoms with Crippen LogP contribution in [0.4, 0.5) is 4.39 Å². The van der Waals surface area contributed by atoms with Crippen LogP contribution in [0.15, 0.2) is 42.7 Å². The van der Waals surface area contributed by atoms with Crippen molar-refractivity contribution in [1.29, 1.82) is 0 Å². The normalized spacial score (nSPS) is 12.8. The zero-order valence-electron chi connectivity index (χ0n) is 11.3. The monoisotopic (exact) mass is 270 g/mol. The van der Waals surface area contributed by atoms with E-state index in [-0.39, 0.29) is 5.82 Å². The van der Waals surface area contributed by atoms with E-state index in [0.717, 1.165) is 16.7 Å². The number of aliphatic hydroxyl groups excluding tert-OH is 1. The number of nitrogens with zero attached hydrogens (tertiary/aromatic N) is 2. The number of hydrogen-bond donors (Lipinski definition) is 1. The summed E-state index contributed by atoms with van der Waals surface area (Å²) in [6.07, 6.45) is 0.949. The Balaban J connectivity index is 2.31. The molecule has 0 saturated heterocycles. The first-order valence-corrected chi connectivity index (χ1v) is 6.48. The smallest absolute Gasteiger partial charge is 0.126 e. The van der Waals surface area contributed by atoms with Crippen LogP contribution in [0.3, 0.4) is 0 Å². The maximum Gasteiger partial charge on any atom is 0.126 e. The van der Waals surface area contributed by atoms with E-state index in [1.165, 1.54) is 6.07 Å². The summed E-state index contributed by atoms with van der Waals surface area (Å²) in [5.41, 5.74) is 3.65. The van der Waals surface area contributed by atoms with E-state index >= 15 is 0 Å². The van der Waals surface area contributed by atoms with Gasteiger partial charge in [0.05, 0.1) is 22.8 Å². The summed E-state index contributed by atoms with van der Waals surface area (Å²) in [7, 11) is 0. The van der Waals surface area contributed by atoms with Gasteiger partial charge in [0.15, 0.2) is 0 Å². The molecular weight excluding hydrogens is 255 g/mol. The minimum Gasteiger partial charge on any atom is -0.389 e. The summed E-state index contributed by atoms with van der Waals surface area (Å²) >= 11 is 0. The first-order chi connectivity index (χ1) is 9.58. The Kier molecular flexibility index (Phi) is 3.03. The maximum atomic E-state index is 13.7. The van der Waals surface area contributed by atoms with Crippen molar-refractivity contribution in [2.75, 3.05) is 0 Å². The predicted octanol–water partition coefficient (Wildman–Crippen LogP) is 3.53. The predicted molar refractivity (Wildman–Crippen MR) is 76.4 cm³/mol. The molecule has 0 unspecified atom stereocenters. The van der Waals surface area contributed by atoms with Crippen molar-refractivity contribution in [1.82, 2.24) is 9.55 Å². The molecule has 2 aromatic carbocycles. The second-order valence-corrected chi connectivity index (χ2v) is 4.94. The fourth-order valence-corrected chi connectivity index (χ4v) is 2.38. The van der Waals surface area contributed by atoms with E-state index in [1.807, 2.05) is 28.8 Å². The van der Waals surface area contributed by atoms with E-state index in [0.29, 0.717) is 11.1 Å². The number of aromatic nitrogens is 2. The largest absolute Gasteiger partial charge is 0.389 e. The highest BCUT2D eigenvalue weighted by Crippen LogP contribution is 2.27. The first kappa shape index (κ1) is 12.8. The number of hydrogen-bond acceptors (Lipinski definition) is 2. The number of para-hydroxylation sites is 2. The first-order valence-electron chi connectivity index (χ1n) is 6.48. The molecule has 0 radical (unpaired) electrons. The Labute approximate surface area is 116 Å². The third-order valence-electron chi connectivity index (χ3n) is 3.47. The molecule has 0 spiro atoms. The molecule has 1 heterocycles. The Morgan fingerprint density at radius 3 is 2.75 bits per heavy atom. The van der Waals surface area contributed by atoms with Gasteiger partial charge in [0.1, 0.15) is 12.1 Å². The number of aliphatic hydroxyl groups is 1. The van der Waals surface area contributed by atoms with Crippen LogP contribution in [0.1, 0.15) is 24.2 Å². The van der Waals surface area contributed by atoms with Crippen molar-refractivity contribution >= 4 is 11.0 Å². The molecule has 102 valence electrons. The lowest BCUT2D eigenvalue weighted by molar-refractivity contribution is 0.198. The van der Waals surface area contributed by atoms with E-state index in [1.54, 1.807) is 26.2 Å². The molecule has 0 saturated carbocycles. The molecule has 1 N–H and O–H groups in total. The zero-order chi connectivity index (χ0) is 14.3. The zero-order valence-corrected chi connectivity index (χ0v) is 11.3. The summed E-state index contributed by atoms with van der Waals surface area (Å²) in [6.45, 7) is 3.34. The molecule has 3 rings (SSSR count). The van der Waals surface area contributed by atoms with Crippen molar-refractivity contribution in [3.8, 4) is 5.69 Å². The highest BCUT2D eigenvalue weighted by molar-refractivity contribution is 5.77. The van der Waals surface area contributed by atoms with Gasteiger partial charge in [-0.15, -0.1) is 0 Å². The van der Waals surface area contributed by atoms with Gasteiger partial charge in [-0.1, -0.05) is 12.1 Å². The van der Waals surface area contributed by atoms with Crippen LogP contribution in [-0.2, 0) is 0 Å². The van der Waals surface area contributed by atoms with Crippen molar-refractivity contribution in [2.45, 2.75) is 20.0 Å². The van der Waals surface area contributed by atoms with Crippen LogP contribution in [0.5, 0.6) is 0 Å². The topological polar surface area (TPSA) is 38.0 Å². The summed E-state index contributed by atoms with van der Waals surface area (Å²) in [5, 5.41) is 9.89. The summed E-state index contributed by atoms with van der Waals surface area (Å²) in [6, 6.07) is 10.9. The molecular formula is C16H15FN2O. The third kappa shape index (κ3) is 1.98. The molecule has 0 aliphatic heterocycles. The molecule has 3 nitrogen and oxygen atoms in total. The van der Waals surface area contributed by atoms with Crippen LogP contribution in [-0.4, -0.2) is 14.7 Å². The standard InChI is InChI=1S/C16H15FN2O/c1-10-7-16(12(11(2)20)8-13(10)17)19-9-18-14-5-3-4-6-15(14)19/h3-9,11,20H,1-2H3/t11-/m0/s1. The Morgan fingerprint density at radius 2 is 2.00 bits per heavy atom. The van der Waals surface area contributed by atoms with Gasteiger partial charge in [0, 0.05) is 5.56 Å². The summed E-state index contributed by atoms with van der Waals surface area (Å²) in [5.74, 6) is -0.311. The Morgan fingerprint density at radius 1 is 1.25 bits per heavy atom. The number of halogens is 1. The van der Waals surface area contributed by atoms with Gasteiger partial charge in [0.25, 0.3) is 0 Å². The second kappa shape index (κ2) is 4.72. The van der Waals surface area contributed by atoms with Crippen LogP contribution in [0, 0.1) is 12.7 Å². The number of benzene rings is 2. The van der Waals surface area contributed by atoms with Gasteiger partial charge >= 0.3 is 0 Å². The highest BCUT2D eigenvalue weighted by atomic mass is 19.1. The number of aryl methyl sites for hydroxylation is 1. The molecule has 0 aliphatic carbocycles. The summed E-state index contributed by atoms with van der Waals surface area (Å²) < 4.78 is 15.6. The lowest BCUT2D eigenvalue weighted by Gasteiger charge is -2.15. The number of fused-ring (bicyclic) bond motifs is 1. The van der Waals surface area contributed by atoms with Crippen LogP contribution in [0.25, 0.3) is 16.7 Å². The molecule has 4 heteroatoms. The van der Waals surface area contributed by atoms with E-state index in [2.05, 4.69) is 4.98 Å². The number of imidazole rings is 1. The SMILES string of the molecule is Cc1cc(-n2cnc3ccccc32)c([C@H](C)O)cc1F.